The van der Waals surface area contributed by atoms with Crippen LogP contribution in [0.25, 0.3) is 21.3 Å². The monoisotopic (exact) mass is 737 g/mol. The summed E-state index contributed by atoms with van der Waals surface area (Å²) in [5, 5.41) is 2.00. The highest BCUT2D eigenvalue weighted by molar-refractivity contribution is 7.89. The molecule has 1 N–H and O–H groups in total. The molecule has 1 fully saturated rings. The van der Waals surface area contributed by atoms with Crippen LogP contribution in [0.4, 0.5) is 13.2 Å². The first-order valence-electron chi connectivity index (χ1n) is 15.8. The molecule has 0 saturated carbocycles. The van der Waals surface area contributed by atoms with E-state index in [2.05, 4.69) is 9.88 Å². The number of nitrogens with one attached hydrogen (secondary N) is 1. The van der Waals surface area contributed by atoms with Crippen LogP contribution in [0.1, 0.15) is 52.4 Å². The zero-order chi connectivity index (χ0) is 35.2. The lowest BCUT2D eigenvalue weighted by Crippen LogP contribution is -2.47. The molecule has 1 aliphatic carbocycles. The lowest BCUT2D eigenvalue weighted by atomic mass is 9.88. The first-order chi connectivity index (χ1) is 23.1. The summed E-state index contributed by atoms with van der Waals surface area (Å²) in [7, 11) is -3.79. The maximum atomic E-state index is 13.8. The molecule has 1 amide bonds. The lowest BCUT2D eigenvalue weighted by Gasteiger charge is -2.39. The number of nitrogens with zero attached hydrogens (tertiary/aromatic N) is 4. The number of rotatable bonds is 8. The molecule has 1 aliphatic heterocycles. The zero-order valence-electron chi connectivity index (χ0n) is 27.1. The topological polar surface area (TPSA) is 123 Å². The molecule has 262 valence electrons. The molecule has 3 aromatic heterocycles. The summed E-state index contributed by atoms with van der Waals surface area (Å²) in [6.45, 7) is 4.57. The third kappa shape index (κ3) is 7.64. The van der Waals surface area contributed by atoms with Crippen molar-refractivity contribution in [3.05, 3.63) is 73.4 Å². The van der Waals surface area contributed by atoms with E-state index in [1.165, 1.54) is 11.3 Å². The number of ether oxygens (including phenoxy) is 1. The van der Waals surface area contributed by atoms with Gasteiger partial charge in [-0.15, -0.1) is 11.3 Å². The van der Waals surface area contributed by atoms with E-state index in [-0.39, 0.29) is 43.2 Å². The Morgan fingerprint density at radius 3 is 2.55 bits per heavy atom. The highest BCUT2D eigenvalue weighted by Gasteiger charge is 2.42. The number of carbonyl (C=O) groups is 1. The molecule has 49 heavy (non-hydrogen) atoms. The van der Waals surface area contributed by atoms with E-state index in [1.807, 2.05) is 10.8 Å². The Bertz CT molecular complexity index is 2090. The van der Waals surface area contributed by atoms with E-state index in [0.29, 0.717) is 75.1 Å². The van der Waals surface area contributed by atoms with Crippen LogP contribution in [0.15, 0.2) is 34.4 Å². The van der Waals surface area contributed by atoms with Gasteiger partial charge in [-0.2, -0.15) is 13.2 Å². The van der Waals surface area contributed by atoms with Crippen LogP contribution in [0.2, 0.25) is 5.02 Å². The summed E-state index contributed by atoms with van der Waals surface area (Å²) in [5.41, 5.74) is 3.57. The number of alkyl halides is 3. The van der Waals surface area contributed by atoms with Crippen molar-refractivity contribution in [3.63, 3.8) is 0 Å². The van der Waals surface area contributed by atoms with Crippen LogP contribution >= 0.6 is 22.9 Å². The van der Waals surface area contributed by atoms with Crippen molar-refractivity contribution in [1.29, 1.82) is 0 Å². The predicted molar refractivity (Wildman–Crippen MR) is 182 cm³/mol. The Hall–Kier alpha value is -3.53. The van der Waals surface area contributed by atoms with Gasteiger partial charge in [0.25, 0.3) is 11.5 Å². The van der Waals surface area contributed by atoms with Crippen molar-refractivity contribution < 1.29 is 31.1 Å². The molecule has 2 aliphatic rings. The number of fused-ring (bicyclic) bond motifs is 2. The highest BCUT2D eigenvalue weighted by Crippen LogP contribution is 2.40. The first kappa shape index (κ1) is 35.3. The molecule has 4 aromatic rings. The zero-order valence-corrected chi connectivity index (χ0v) is 29.5. The van der Waals surface area contributed by atoms with E-state index in [4.69, 9.17) is 21.3 Å². The smallest absolute Gasteiger partial charge is 0.391 e. The number of aromatic nitrogens is 3. The number of halogens is 4. The van der Waals surface area contributed by atoms with Gasteiger partial charge in [-0.25, -0.2) is 18.1 Å². The molecule has 0 radical (unpaired) electrons. The van der Waals surface area contributed by atoms with Gasteiger partial charge in [0.15, 0.2) is 0 Å². The van der Waals surface area contributed by atoms with Crippen molar-refractivity contribution in [1.82, 2.24) is 24.2 Å². The lowest BCUT2D eigenvalue weighted by molar-refractivity contribution is -0.186. The van der Waals surface area contributed by atoms with Crippen LogP contribution in [-0.4, -0.2) is 71.9 Å². The minimum absolute atomic E-state index is 0.00362. The highest BCUT2D eigenvalue weighted by atomic mass is 35.5. The SMILES string of the molecule is Cc1cc(-c2cc(Cl)ccc2OCCn2c(C)nc3c(c2=O)C[C@@H](N2CCC(C(F)(F)F)CC2)CC3)c2scc(C(=O)NS(C)(=O)=O)c2n1. The van der Waals surface area contributed by atoms with Crippen LogP contribution < -0.4 is 15.0 Å². The average molecular weight is 738 g/mol. The number of likely N-dealkylation sites (tertiary alicyclic amines) is 1. The van der Waals surface area contributed by atoms with E-state index < -0.39 is 28.0 Å². The minimum atomic E-state index is -4.17. The summed E-state index contributed by atoms with van der Waals surface area (Å²) in [4.78, 5) is 37.8. The Kier molecular flexibility index (Phi) is 9.83. The Labute approximate surface area is 290 Å². The second-order valence-electron chi connectivity index (χ2n) is 12.6. The van der Waals surface area contributed by atoms with Crippen molar-refractivity contribution in [2.75, 3.05) is 26.0 Å². The van der Waals surface area contributed by atoms with Crippen molar-refractivity contribution in [3.8, 4) is 16.9 Å². The fraction of sp³-hybridized carbons (Fsp3) is 0.455. The number of benzene rings is 1. The molecule has 1 aromatic carbocycles. The van der Waals surface area contributed by atoms with Crippen molar-refractivity contribution in [2.45, 2.75) is 64.7 Å². The van der Waals surface area contributed by atoms with E-state index >= 15 is 0 Å². The number of sulfonamides is 1. The summed E-state index contributed by atoms with van der Waals surface area (Å²) in [6, 6.07) is 6.96. The Balaban J connectivity index is 1.21. The fourth-order valence-corrected chi connectivity index (χ4v) is 8.42. The van der Waals surface area contributed by atoms with Crippen molar-refractivity contribution >= 4 is 49.1 Å². The number of thiophene rings is 1. The summed E-state index contributed by atoms with van der Waals surface area (Å²) in [5.74, 6) is -1.02. The third-order valence-electron chi connectivity index (χ3n) is 9.18. The second kappa shape index (κ2) is 13.6. The van der Waals surface area contributed by atoms with Crippen LogP contribution in [-0.2, 0) is 29.4 Å². The van der Waals surface area contributed by atoms with Gasteiger partial charge in [-0.1, -0.05) is 11.6 Å². The molecule has 1 saturated heterocycles. The van der Waals surface area contributed by atoms with Crippen molar-refractivity contribution in [2.24, 2.45) is 5.92 Å². The quantitative estimate of drug-likeness (QED) is 0.245. The van der Waals surface area contributed by atoms with Gasteiger partial charge >= 0.3 is 6.18 Å². The largest absolute Gasteiger partial charge is 0.491 e. The normalized spacial score (nSPS) is 17.7. The van der Waals surface area contributed by atoms with E-state index in [1.54, 1.807) is 42.0 Å². The van der Waals surface area contributed by atoms with Gasteiger partial charge in [-0.3, -0.25) is 19.1 Å². The minimum Gasteiger partial charge on any atom is -0.491 e. The average Bonchev–Trinajstić information content (AvgIpc) is 3.45. The molecular formula is C33H35ClF3N5O5S2. The fourth-order valence-electron chi connectivity index (χ4n) is 6.78. The van der Waals surface area contributed by atoms with Gasteiger partial charge in [0.05, 0.1) is 40.2 Å². The first-order valence-corrected chi connectivity index (χ1v) is 19.0. The number of amides is 1. The molecule has 0 unspecified atom stereocenters. The number of carbonyl (C=O) groups excluding carboxylic acids is 1. The van der Waals surface area contributed by atoms with Gasteiger partial charge in [0, 0.05) is 38.8 Å². The van der Waals surface area contributed by atoms with Gasteiger partial charge in [-0.05, 0) is 83.3 Å². The number of piperidine rings is 1. The maximum Gasteiger partial charge on any atom is 0.391 e. The summed E-state index contributed by atoms with van der Waals surface area (Å²) >= 11 is 7.65. The Morgan fingerprint density at radius 1 is 1.12 bits per heavy atom. The van der Waals surface area contributed by atoms with Crippen LogP contribution in [0.5, 0.6) is 5.75 Å². The Morgan fingerprint density at radius 2 is 1.86 bits per heavy atom. The molecule has 10 nitrogen and oxygen atoms in total. The van der Waals surface area contributed by atoms with Gasteiger partial charge < -0.3 is 9.64 Å². The summed E-state index contributed by atoms with van der Waals surface area (Å²) in [6.07, 6.45) is -1.33. The van der Waals surface area contributed by atoms with E-state index in [9.17, 15) is 31.2 Å². The van der Waals surface area contributed by atoms with E-state index in [0.717, 1.165) is 18.4 Å². The molecule has 0 spiro atoms. The van der Waals surface area contributed by atoms with Crippen LogP contribution in [0.3, 0.4) is 0 Å². The second-order valence-corrected chi connectivity index (χ2v) is 15.7. The van der Waals surface area contributed by atoms with Crippen LogP contribution in [0, 0.1) is 19.8 Å². The molecule has 4 heterocycles. The molecular weight excluding hydrogens is 703 g/mol. The van der Waals surface area contributed by atoms with Gasteiger partial charge in [0.2, 0.25) is 10.0 Å². The number of hydrogen-bond donors (Lipinski definition) is 1. The maximum absolute atomic E-state index is 13.8. The molecule has 1 atom stereocenters. The standard InChI is InChI=1S/C33H35ClF3N5O5S2/c1-18-14-24(30-29(38-18)26(17-48-30)31(43)40-49(3,45)46)23-15-21(34)4-7-28(23)47-13-12-42-19(2)39-27-6-5-22(16-25(27)32(42)44)41-10-8-20(9-11-41)33(35,36)37/h4,7,14-15,17,20,22H,5-6,8-13,16H2,1-3H3,(H,40,43)/t22-/m0/s1. The predicted octanol–water partition coefficient (Wildman–Crippen LogP) is 5.69. The van der Waals surface area contributed by atoms with Gasteiger partial charge in [0.1, 0.15) is 18.2 Å². The third-order valence-corrected chi connectivity index (χ3v) is 11.0. The molecule has 16 heteroatoms. The number of hydrogen-bond acceptors (Lipinski definition) is 9. The summed E-state index contributed by atoms with van der Waals surface area (Å²) < 4.78 is 73.5. The number of pyridine rings is 1. The number of aryl methyl sites for hydroxylation is 3. The molecule has 0 bridgehead atoms. The molecule has 6 rings (SSSR count).